The molecule has 30 heavy (non-hydrogen) atoms. The van der Waals surface area contributed by atoms with Gasteiger partial charge in [-0.25, -0.2) is 14.3 Å². The average Bonchev–Trinajstić information content (AvgIpc) is 3.10. The third-order valence-electron chi connectivity index (χ3n) is 6.09. The van der Waals surface area contributed by atoms with Gasteiger partial charge < -0.3 is 5.11 Å². The second kappa shape index (κ2) is 16.3. The van der Waals surface area contributed by atoms with Crippen LogP contribution in [0.1, 0.15) is 110 Å². The molecule has 0 spiro atoms. The van der Waals surface area contributed by atoms with Crippen LogP contribution in [-0.2, 0) is 4.79 Å². The highest BCUT2D eigenvalue weighted by Gasteiger charge is 2.40. The van der Waals surface area contributed by atoms with Crippen LogP contribution in [0.4, 0.5) is 0 Å². The van der Waals surface area contributed by atoms with Gasteiger partial charge in [-0.2, -0.15) is 0 Å². The number of carbonyl (C=O) groups is 1. The molecule has 1 aliphatic heterocycles. The van der Waals surface area contributed by atoms with Gasteiger partial charge in [-0.1, -0.05) is 89.7 Å². The predicted molar refractivity (Wildman–Crippen MR) is 127 cm³/mol. The van der Waals surface area contributed by atoms with Crippen molar-refractivity contribution < 1.29 is 14.4 Å². The van der Waals surface area contributed by atoms with Gasteiger partial charge >= 0.3 is 5.97 Å². The van der Waals surface area contributed by atoms with Gasteiger partial charge in [0.2, 0.25) is 5.84 Å². The van der Waals surface area contributed by atoms with Crippen LogP contribution in [0, 0.1) is 0 Å². The molecule has 0 aromatic heterocycles. The summed E-state index contributed by atoms with van der Waals surface area (Å²) in [5.41, 5.74) is 6.09. The van der Waals surface area contributed by atoms with Gasteiger partial charge in [0.1, 0.15) is 12.4 Å². The number of aliphatic carboxylic acids is 1. The van der Waals surface area contributed by atoms with E-state index in [-0.39, 0.29) is 17.2 Å². The molecule has 0 bridgehead atoms. The van der Waals surface area contributed by atoms with Crippen LogP contribution in [0.2, 0.25) is 0 Å². The largest absolute Gasteiger partial charge is 0.477 e. The van der Waals surface area contributed by atoms with E-state index in [1.807, 2.05) is 13.1 Å². The molecule has 0 amide bonds. The van der Waals surface area contributed by atoms with Crippen LogP contribution in [0.5, 0.6) is 0 Å². The molecule has 2 atom stereocenters. The van der Waals surface area contributed by atoms with Gasteiger partial charge in [-0.05, 0) is 19.3 Å². The Hall–Kier alpha value is -1.46. The fraction of sp³-hybridized carbons (Fsp3) is 0.760. The van der Waals surface area contributed by atoms with E-state index >= 15 is 0 Å². The molecule has 1 aliphatic rings. The molecule has 2 unspecified atom stereocenters. The molecule has 0 radical (unpaired) electrons. The van der Waals surface area contributed by atoms with Crippen LogP contribution < -0.4 is 5.73 Å². The van der Waals surface area contributed by atoms with E-state index in [0.717, 1.165) is 25.1 Å². The second-order valence-corrected chi connectivity index (χ2v) is 8.75. The zero-order chi connectivity index (χ0) is 22.1. The van der Waals surface area contributed by atoms with Gasteiger partial charge in [0.25, 0.3) is 0 Å². The minimum Gasteiger partial charge on any atom is -0.477 e. The monoisotopic (exact) mass is 420 g/mol. The Morgan fingerprint density at radius 2 is 1.53 bits per heavy atom. The zero-order valence-electron chi connectivity index (χ0n) is 19.5. The third-order valence-corrected chi connectivity index (χ3v) is 6.09. The summed E-state index contributed by atoms with van der Waals surface area (Å²) in [6, 6.07) is 0. The van der Waals surface area contributed by atoms with Crippen molar-refractivity contribution in [3.8, 4) is 0 Å². The molecule has 5 heteroatoms. The highest BCUT2D eigenvalue weighted by Crippen LogP contribution is 2.22. The molecule has 0 saturated carbocycles. The fourth-order valence-corrected chi connectivity index (χ4v) is 4.14. The summed E-state index contributed by atoms with van der Waals surface area (Å²) in [5, 5.41) is 9.24. The Labute approximate surface area is 184 Å². The van der Waals surface area contributed by atoms with Crippen molar-refractivity contribution in [1.29, 1.82) is 0 Å². The molecule has 0 aromatic carbocycles. The van der Waals surface area contributed by atoms with Crippen molar-refractivity contribution in [1.82, 2.24) is 0 Å². The number of unbranched alkanes of at least 4 members (excludes halogenated alkanes) is 12. The SMILES string of the molecule is CCCCCCCCCCCCCC/C=C/CCC1=NC=C[N+]1(CC(=O)O)C(C)N. The Bertz CT molecular complexity index is 555. The zero-order valence-corrected chi connectivity index (χ0v) is 19.5. The van der Waals surface area contributed by atoms with Crippen LogP contribution in [-0.4, -0.2) is 34.1 Å². The first-order chi connectivity index (χ1) is 14.5. The number of amidine groups is 1. The van der Waals surface area contributed by atoms with Crippen LogP contribution >= 0.6 is 0 Å². The van der Waals surface area contributed by atoms with E-state index in [1.165, 1.54) is 77.0 Å². The lowest BCUT2D eigenvalue weighted by Gasteiger charge is -2.34. The first-order valence-electron chi connectivity index (χ1n) is 12.3. The number of allylic oxidation sites excluding steroid dienone is 2. The minimum atomic E-state index is -0.853. The molecular weight excluding hydrogens is 374 g/mol. The number of hydrogen-bond acceptors (Lipinski definition) is 3. The molecule has 0 aliphatic carbocycles. The number of nitrogens with zero attached hydrogens (tertiary/aromatic N) is 2. The number of hydrogen-bond donors (Lipinski definition) is 2. The Balaban J connectivity index is 2.04. The van der Waals surface area contributed by atoms with Crippen LogP contribution in [0.25, 0.3) is 0 Å². The maximum atomic E-state index is 11.3. The highest BCUT2D eigenvalue weighted by atomic mass is 16.4. The van der Waals surface area contributed by atoms with Crippen molar-refractivity contribution in [2.75, 3.05) is 6.54 Å². The summed E-state index contributed by atoms with van der Waals surface area (Å²) in [5.74, 6) is -0.00326. The first kappa shape index (κ1) is 26.6. The summed E-state index contributed by atoms with van der Waals surface area (Å²) in [6.45, 7) is 4.07. The highest BCUT2D eigenvalue weighted by molar-refractivity contribution is 5.81. The Kier molecular flexibility index (Phi) is 14.4. The third kappa shape index (κ3) is 10.5. The lowest BCUT2D eigenvalue weighted by Crippen LogP contribution is -2.59. The van der Waals surface area contributed by atoms with E-state index in [4.69, 9.17) is 5.73 Å². The Morgan fingerprint density at radius 1 is 1.00 bits per heavy atom. The fourth-order valence-electron chi connectivity index (χ4n) is 4.14. The van der Waals surface area contributed by atoms with Crippen molar-refractivity contribution in [3.05, 3.63) is 24.6 Å². The molecule has 3 N–H and O–H groups in total. The van der Waals surface area contributed by atoms with Gasteiger partial charge in [0, 0.05) is 13.3 Å². The summed E-state index contributed by atoms with van der Waals surface area (Å²) < 4.78 is 0.141. The molecule has 0 saturated heterocycles. The van der Waals surface area contributed by atoms with Gasteiger partial charge in [0.05, 0.1) is 6.20 Å². The Morgan fingerprint density at radius 3 is 2.07 bits per heavy atom. The average molecular weight is 421 g/mol. The summed E-state index contributed by atoms with van der Waals surface area (Å²) in [4.78, 5) is 15.7. The minimum absolute atomic E-state index is 0.0461. The lowest BCUT2D eigenvalue weighted by molar-refractivity contribution is -0.805. The van der Waals surface area contributed by atoms with E-state index in [9.17, 15) is 9.90 Å². The van der Waals surface area contributed by atoms with E-state index in [0.29, 0.717) is 0 Å². The summed E-state index contributed by atoms with van der Waals surface area (Å²) >= 11 is 0. The van der Waals surface area contributed by atoms with Gasteiger partial charge in [-0.15, -0.1) is 0 Å². The number of carboxylic acid groups (broad SMARTS) is 1. The second-order valence-electron chi connectivity index (χ2n) is 8.75. The molecule has 1 rings (SSSR count). The number of rotatable bonds is 19. The van der Waals surface area contributed by atoms with Crippen LogP contribution in [0.3, 0.4) is 0 Å². The van der Waals surface area contributed by atoms with Crippen molar-refractivity contribution in [2.45, 2.75) is 116 Å². The molecular formula is C25H46N3O2+. The van der Waals surface area contributed by atoms with E-state index < -0.39 is 5.97 Å². The molecule has 1 heterocycles. The maximum Gasteiger partial charge on any atom is 0.360 e. The molecule has 0 aromatic rings. The molecule has 172 valence electrons. The topological polar surface area (TPSA) is 75.7 Å². The predicted octanol–water partition coefficient (Wildman–Crippen LogP) is 6.50. The van der Waals surface area contributed by atoms with E-state index in [1.54, 1.807) is 6.20 Å². The van der Waals surface area contributed by atoms with Crippen molar-refractivity contribution in [2.24, 2.45) is 10.7 Å². The van der Waals surface area contributed by atoms with Crippen LogP contribution in [0.15, 0.2) is 29.5 Å². The maximum absolute atomic E-state index is 11.3. The molecule has 5 nitrogen and oxygen atoms in total. The van der Waals surface area contributed by atoms with E-state index in [2.05, 4.69) is 24.1 Å². The standard InChI is InChI=1S/C25H45N3O2/c1-3-4-5-6-7-8-9-10-11-12-13-14-15-16-17-18-19-24-27-20-21-28(24,23(2)26)22-25(29)30/h16-17,20-21,23H,3-15,18-19,22,26H2,1-2H3/p+1/b17-16+. The van der Waals surface area contributed by atoms with Crippen molar-refractivity contribution in [3.63, 3.8) is 0 Å². The number of carboxylic acids is 1. The normalized spacial score (nSPS) is 19.5. The summed E-state index contributed by atoms with van der Waals surface area (Å²) in [6.07, 6.45) is 27.0. The number of nitrogens with two attached hydrogens (primary N) is 1. The van der Waals surface area contributed by atoms with Gasteiger partial charge in [0.15, 0.2) is 6.54 Å². The summed E-state index contributed by atoms with van der Waals surface area (Å²) in [7, 11) is 0. The quantitative estimate of drug-likeness (QED) is 0.142. The first-order valence-corrected chi connectivity index (χ1v) is 12.3. The number of quaternary nitrogens is 1. The number of aliphatic imine (C=N–C) groups is 1. The molecule has 0 fully saturated rings. The van der Waals surface area contributed by atoms with Crippen molar-refractivity contribution >= 4 is 11.8 Å². The lowest BCUT2D eigenvalue weighted by atomic mass is 10.0. The van der Waals surface area contributed by atoms with Gasteiger partial charge in [-0.3, -0.25) is 5.73 Å². The smallest absolute Gasteiger partial charge is 0.360 e.